The van der Waals surface area contributed by atoms with Crippen LogP contribution >= 0.6 is 11.8 Å². The summed E-state index contributed by atoms with van der Waals surface area (Å²) in [5, 5.41) is 0. The number of benzene rings is 1. The molecule has 1 atom stereocenters. The van der Waals surface area contributed by atoms with Crippen molar-refractivity contribution in [2.75, 3.05) is 54.5 Å². The van der Waals surface area contributed by atoms with E-state index in [-0.39, 0.29) is 17.8 Å². The second kappa shape index (κ2) is 8.16. The summed E-state index contributed by atoms with van der Waals surface area (Å²) in [7, 11) is 0. The average Bonchev–Trinajstić information content (AvgIpc) is 3.03. The highest BCUT2D eigenvalue weighted by atomic mass is 32.2. The molecule has 0 spiro atoms. The fourth-order valence-electron chi connectivity index (χ4n) is 3.28. The van der Waals surface area contributed by atoms with Gasteiger partial charge in [0.15, 0.2) is 0 Å². The Labute approximate surface area is 157 Å². The van der Waals surface area contributed by atoms with Gasteiger partial charge in [-0.3, -0.25) is 9.69 Å². The Hall–Kier alpha value is -1.96. The maximum atomic E-state index is 14.7. The molecule has 1 aromatic rings. The number of hydrogen-bond donors (Lipinski definition) is 0. The number of hydrogen-bond acceptors (Lipinski definition) is 5. The molecule has 0 saturated carbocycles. The van der Waals surface area contributed by atoms with Gasteiger partial charge in [-0.05, 0) is 30.9 Å². The van der Waals surface area contributed by atoms with Gasteiger partial charge in [0.2, 0.25) is 5.91 Å². The van der Waals surface area contributed by atoms with Gasteiger partial charge >= 0.3 is 6.09 Å². The van der Waals surface area contributed by atoms with Gasteiger partial charge in [0.1, 0.15) is 11.9 Å². The maximum Gasteiger partial charge on any atom is 0.414 e. The van der Waals surface area contributed by atoms with Crippen molar-refractivity contribution in [2.24, 2.45) is 0 Å². The van der Waals surface area contributed by atoms with Crippen LogP contribution in [0.15, 0.2) is 18.2 Å². The largest absolute Gasteiger partial charge is 0.444 e. The lowest BCUT2D eigenvalue weighted by atomic mass is 10.2. The van der Waals surface area contributed by atoms with Crippen molar-refractivity contribution >= 4 is 35.1 Å². The number of carbonyl (C=O) groups is 2. The molecule has 0 aromatic heterocycles. The minimum atomic E-state index is -0.426. The Morgan fingerprint density at radius 1 is 1.31 bits per heavy atom. The van der Waals surface area contributed by atoms with Crippen molar-refractivity contribution in [3.05, 3.63) is 24.0 Å². The zero-order chi connectivity index (χ0) is 18.7. The Balaban J connectivity index is 1.66. The predicted octanol–water partition coefficient (Wildman–Crippen LogP) is 2.57. The van der Waals surface area contributed by atoms with Crippen LogP contribution in [0.25, 0.3) is 0 Å². The summed E-state index contributed by atoms with van der Waals surface area (Å²) in [6.45, 7) is 4.79. The summed E-state index contributed by atoms with van der Waals surface area (Å²) < 4.78 is 19.9. The molecule has 1 aromatic carbocycles. The summed E-state index contributed by atoms with van der Waals surface area (Å²) in [6, 6.07) is 4.85. The van der Waals surface area contributed by atoms with E-state index >= 15 is 0 Å². The third-order valence-corrected chi connectivity index (χ3v) is 5.35. The van der Waals surface area contributed by atoms with Gasteiger partial charge in [-0.2, -0.15) is 11.8 Å². The Bertz CT molecular complexity index is 680. The number of piperazine rings is 1. The molecule has 2 aliphatic heterocycles. The van der Waals surface area contributed by atoms with Crippen LogP contribution in [0.2, 0.25) is 0 Å². The van der Waals surface area contributed by atoms with E-state index in [0.717, 1.165) is 6.42 Å². The Kier molecular flexibility index (Phi) is 5.90. The normalized spacial score (nSPS) is 20.5. The third-order valence-electron chi connectivity index (χ3n) is 4.81. The van der Waals surface area contributed by atoms with Crippen LogP contribution in [0.3, 0.4) is 0 Å². The molecule has 2 saturated heterocycles. The number of halogens is 1. The van der Waals surface area contributed by atoms with Crippen molar-refractivity contribution in [1.29, 1.82) is 0 Å². The molecule has 1 unspecified atom stereocenters. The number of rotatable bonds is 5. The number of anilines is 2. The standard InChI is InChI=1S/C18H24FN3O3S/c1-3-14-11-22(18(24)25-14)13-4-5-16(15(19)10-13)20-6-8-21(9-7-20)17(23)12-26-2/h4-5,10,14H,3,6-9,11-12H2,1-2H3. The van der Waals surface area contributed by atoms with E-state index < -0.39 is 6.09 Å². The number of cyclic esters (lactones) is 1. The van der Waals surface area contributed by atoms with Crippen LogP contribution < -0.4 is 9.80 Å². The number of amides is 2. The van der Waals surface area contributed by atoms with E-state index in [0.29, 0.717) is 49.9 Å². The molecule has 0 aliphatic carbocycles. The highest BCUT2D eigenvalue weighted by molar-refractivity contribution is 7.99. The lowest BCUT2D eigenvalue weighted by Crippen LogP contribution is -2.49. The average molecular weight is 381 g/mol. The molecule has 2 heterocycles. The van der Waals surface area contributed by atoms with E-state index in [4.69, 9.17) is 4.74 Å². The van der Waals surface area contributed by atoms with Crippen molar-refractivity contribution in [3.8, 4) is 0 Å². The van der Waals surface area contributed by atoms with Crippen LogP contribution in [0, 0.1) is 5.82 Å². The summed E-state index contributed by atoms with van der Waals surface area (Å²) in [5.74, 6) is 0.249. The quantitative estimate of drug-likeness (QED) is 0.785. The minimum absolute atomic E-state index is 0.131. The molecule has 2 fully saturated rings. The molecule has 0 radical (unpaired) electrons. The smallest absolute Gasteiger partial charge is 0.414 e. The zero-order valence-corrected chi connectivity index (χ0v) is 15.9. The second-order valence-corrected chi connectivity index (χ2v) is 7.33. The topological polar surface area (TPSA) is 53.1 Å². The first kappa shape index (κ1) is 18.8. The highest BCUT2D eigenvalue weighted by Gasteiger charge is 2.32. The van der Waals surface area contributed by atoms with Gasteiger partial charge in [0.05, 0.1) is 23.7 Å². The number of nitrogens with zero attached hydrogens (tertiary/aromatic N) is 3. The summed E-state index contributed by atoms with van der Waals surface area (Å²) in [6.07, 6.45) is 2.08. The monoisotopic (exact) mass is 381 g/mol. The van der Waals surface area contributed by atoms with Crippen LogP contribution in [0.5, 0.6) is 0 Å². The van der Waals surface area contributed by atoms with E-state index in [1.165, 1.54) is 22.7 Å². The highest BCUT2D eigenvalue weighted by Crippen LogP contribution is 2.29. The molecule has 2 aliphatic rings. The van der Waals surface area contributed by atoms with Gasteiger partial charge in [0, 0.05) is 26.2 Å². The Morgan fingerprint density at radius 2 is 2.04 bits per heavy atom. The number of carbonyl (C=O) groups excluding carboxylic acids is 2. The SMILES string of the molecule is CCC1CN(c2ccc(N3CCN(C(=O)CSC)CC3)c(F)c2)C(=O)O1. The number of thioether (sulfide) groups is 1. The van der Waals surface area contributed by atoms with Crippen LogP contribution in [-0.4, -0.2) is 67.7 Å². The second-order valence-electron chi connectivity index (χ2n) is 6.46. The molecule has 3 rings (SSSR count). The molecule has 8 heteroatoms. The van der Waals surface area contributed by atoms with Gasteiger partial charge < -0.3 is 14.5 Å². The van der Waals surface area contributed by atoms with Gasteiger partial charge in [0.25, 0.3) is 0 Å². The molecule has 0 bridgehead atoms. The van der Waals surface area contributed by atoms with Gasteiger partial charge in [-0.25, -0.2) is 9.18 Å². The first-order chi connectivity index (χ1) is 12.5. The van der Waals surface area contributed by atoms with E-state index in [2.05, 4.69) is 0 Å². The van der Waals surface area contributed by atoms with E-state index in [1.807, 2.05) is 23.0 Å². The molecule has 6 nitrogen and oxygen atoms in total. The zero-order valence-electron chi connectivity index (χ0n) is 15.1. The van der Waals surface area contributed by atoms with Crippen molar-refractivity contribution in [3.63, 3.8) is 0 Å². The summed E-state index contributed by atoms with van der Waals surface area (Å²) in [4.78, 5) is 29.1. The maximum absolute atomic E-state index is 14.7. The molecule has 0 N–H and O–H groups in total. The minimum Gasteiger partial charge on any atom is -0.444 e. The van der Waals surface area contributed by atoms with E-state index in [1.54, 1.807) is 12.1 Å². The van der Waals surface area contributed by atoms with Crippen molar-refractivity contribution < 1.29 is 18.7 Å². The molecular weight excluding hydrogens is 357 g/mol. The first-order valence-corrected chi connectivity index (χ1v) is 10.2. The lowest BCUT2D eigenvalue weighted by Gasteiger charge is -2.36. The van der Waals surface area contributed by atoms with Crippen LogP contribution in [0.1, 0.15) is 13.3 Å². The van der Waals surface area contributed by atoms with Crippen molar-refractivity contribution in [1.82, 2.24) is 4.90 Å². The van der Waals surface area contributed by atoms with Crippen LogP contribution in [0.4, 0.5) is 20.6 Å². The fraction of sp³-hybridized carbons (Fsp3) is 0.556. The van der Waals surface area contributed by atoms with Gasteiger partial charge in [-0.15, -0.1) is 0 Å². The predicted molar refractivity (Wildman–Crippen MR) is 101 cm³/mol. The molecule has 142 valence electrons. The summed E-state index contributed by atoms with van der Waals surface area (Å²) in [5.41, 5.74) is 1.02. The number of ether oxygens (including phenoxy) is 1. The van der Waals surface area contributed by atoms with Crippen molar-refractivity contribution in [2.45, 2.75) is 19.4 Å². The molecule has 26 heavy (non-hydrogen) atoms. The van der Waals surface area contributed by atoms with Crippen LogP contribution in [-0.2, 0) is 9.53 Å². The fourth-order valence-corrected chi connectivity index (χ4v) is 3.71. The summed E-state index contributed by atoms with van der Waals surface area (Å²) >= 11 is 1.51. The van der Waals surface area contributed by atoms with Gasteiger partial charge in [-0.1, -0.05) is 6.92 Å². The third kappa shape index (κ3) is 3.90. The van der Waals surface area contributed by atoms with E-state index in [9.17, 15) is 14.0 Å². The molecule has 2 amide bonds. The lowest BCUT2D eigenvalue weighted by molar-refractivity contribution is -0.128. The molecular formula is C18H24FN3O3S. The first-order valence-electron chi connectivity index (χ1n) is 8.82. The Morgan fingerprint density at radius 3 is 2.62 bits per heavy atom.